The maximum Gasteiger partial charge on any atom is 0.101 e. The van der Waals surface area contributed by atoms with Crippen molar-refractivity contribution < 1.29 is 0 Å². The number of hydrogen-bond donors (Lipinski definition) is 0. The summed E-state index contributed by atoms with van der Waals surface area (Å²) < 4.78 is 10.2. The highest BCUT2D eigenvalue weighted by Gasteiger charge is 2.35. The lowest BCUT2D eigenvalue weighted by molar-refractivity contribution is 0.590. The van der Waals surface area contributed by atoms with E-state index in [0.29, 0.717) is 5.56 Å². The van der Waals surface area contributed by atoms with Crippen molar-refractivity contribution in [2.24, 2.45) is 0 Å². The summed E-state index contributed by atoms with van der Waals surface area (Å²) in [6.07, 6.45) is 0. The second-order valence-corrected chi connectivity index (χ2v) is 35.3. The van der Waals surface area contributed by atoms with E-state index in [2.05, 4.69) is 342 Å². The van der Waals surface area contributed by atoms with Crippen LogP contribution in [0.1, 0.15) is 216 Å². The van der Waals surface area contributed by atoms with Gasteiger partial charge in [0.2, 0.25) is 0 Å². The Kier molecular flexibility index (Phi) is 13.8. The molecule has 5 heteroatoms. The molecule has 5 nitrogen and oxygen atoms in total. The Morgan fingerprint density at radius 2 is 0.391 bits per heavy atom. The first-order valence-electron chi connectivity index (χ1n) is 33.6. The molecule has 0 saturated carbocycles. The lowest BCUT2D eigenvalue weighted by atomic mass is 9.85. The van der Waals surface area contributed by atoms with E-state index in [1.807, 2.05) is 0 Å². The van der Waals surface area contributed by atoms with Crippen molar-refractivity contribution in [1.82, 2.24) is 18.3 Å². The van der Waals surface area contributed by atoms with Crippen LogP contribution in [0.5, 0.6) is 0 Å². The van der Waals surface area contributed by atoms with Crippen molar-refractivity contribution in [3.05, 3.63) is 202 Å². The first-order valence-corrected chi connectivity index (χ1v) is 33.6. The van der Waals surface area contributed by atoms with Crippen molar-refractivity contribution in [1.29, 1.82) is 5.26 Å². The van der Waals surface area contributed by atoms with Gasteiger partial charge in [0.05, 0.1) is 72.4 Å². The molecule has 0 aliphatic rings. The number of nitriles is 1. The molecule has 0 saturated heterocycles. The van der Waals surface area contributed by atoms with E-state index in [-0.39, 0.29) is 43.3 Å². The number of benzene rings is 9. The minimum Gasteiger partial charge on any atom is -0.307 e. The maximum atomic E-state index is 12.8. The molecule has 0 atom stereocenters. The molecule has 0 aliphatic heterocycles. The summed E-state index contributed by atoms with van der Waals surface area (Å²) in [5.41, 5.74) is 22.0. The van der Waals surface area contributed by atoms with E-state index in [4.69, 9.17) is 0 Å². The van der Waals surface area contributed by atoms with Crippen molar-refractivity contribution >= 4 is 87.2 Å². The standard InChI is InChI=1S/C87H97N5/c1-80(2,3)52-25-33-68-60(42-52)61-43-53(81(4,5)6)26-34-69(61)89(68)76-41-51(50-88)77(90-70-35-27-54(82(7,8)9)44-62(70)63-45-55(83(10,11)12)28-36-71(63)90)79(92-74-39-31-58(86(19,20)21)48-66(74)67-49-59(87(22,23)24)32-40-75(67)92)78(76)91-72-37-29-56(84(13,14)15)46-64(72)65-47-57(85(16,17)18)30-38-73(65)91/h25-49H,1-24H3. The van der Waals surface area contributed by atoms with Crippen molar-refractivity contribution in [2.75, 3.05) is 0 Å². The molecule has 470 valence electrons. The molecular weight excluding hydrogens is 1110 g/mol. The summed E-state index contributed by atoms with van der Waals surface area (Å²) >= 11 is 0. The highest BCUT2D eigenvalue weighted by atomic mass is 15.1. The largest absolute Gasteiger partial charge is 0.307 e. The van der Waals surface area contributed by atoms with E-state index in [9.17, 15) is 5.26 Å². The third-order valence-electron chi connectivity index (χ3n) is 20.2. The maximum absolute atomic E-state index is 12.8. The van der Waals surface area contributed by atoms with Crippen LogP contribution in [0.15, 0.2) is 152 Å². The van der Waals surface area contributed by atoms with Crippen LogP contribution in [0.3, 0.4) is 0 Å². The SMILES string of the molecule is CC(C)(C)c1ccc2c(c1)c1cc(C(C)(C)C)ccc1n2-c1cc(C#N)c(-n2c3ccc(C(C)(C)C)cc3c3cc(C(C)(C)C)ccc32)c(-n2c3ccc(C(C)(C)C)cc3c3cc(C(C)(C)C)ccc32)c1-n1c2ccc(C(C)(C)C)cc2c2cc(C(C)(C)C)ccc21. The van der Waals surface area contributed by atoms with Crippen molar-refractivity contribution in [2.45, 2.75) is 209 Å². The molecule has 13 aromatic rings. The second-order valence-electron chi connectivity index (χ2n) is 35.3. The first-order chi connectivity index (χ1) is 42.6. The number of hydrogen-bond acceptors (Lipinski definition) is 1. The summed E-state index contributed by atoms with van der Waals surface area (Å²) in [6.45, 7) is 55.7. The topological polar surface area (TPSA) is 43.5 Å². The minimum atomic E-state index is -0.133. The number of nitrogens with zero attached hydrogens (tertiary/aromatic N) is 5. The molecule has 4 aromatic heterocycles. The molecule has 0 amide bonds. The van der Waals surface area contributed by atoms with Gasteiger partial charge in [0.1, 0.15) is 6.07 Å². The Morgan fingerprint density at radius 1 is 0.217 bits per heavy atom. The molecule has 9 aromatic carbocycles. The molecule has 4 heterocycles. The Labute approximate surface area is 547 Å². The van der Waals surface area contributed by atoms with Gasteiger partial charge >= 0.3 is 0 Å². The first kappa shape index (κ1) is 62.5. The van der Waals surface area contributed by atoms with Crippen LogP contribution in [-0.2, 0) is 43.3 Å². The summed E-state index contributed by atoms with van der Waals surface area (Å²) in [7, 11) is 0. The summed E-state index contributed by atoms with van der Waals surface area (Å²) in [6, 6.07) is 62.7. The monoisotopic (exact) mass is 1210 g/mol. The molecule has 0 aliphatic carbocycles. The van der Waals surface area contributed by atoms with Gasteiger partial charge in [0.25, 0.3) is 0 Å². The summed E-state index contributed by atoms with van der Waals surface area (Å²) in [4.78, 5) is 0. The van der Waals surface area contributed by atoms with Crippen LogP contribution in [0.25, 0.3) is 110 Å². The van der Waals surface area contributed by atoms with Gasteiger partial charge in [-0.15, -0.1) is 0 Å². The fraction of sp³-hybridized carbons (Fsp3) is 0.368. The van der Waals surface area contributed by atoms with Gasteiger partial charge in [-0.2, -0.15) is 5.26 Å². The third-order valence-corrected chi connectivity index (χ3v) is 20.2. The molecule has 0 bridgehead atoms. The lowest BCUT2D eigenvalue weighted by Crippen LogP contribution is -2.16. The Balaban J connectivity index is 1.38. The molecule has 13 rings (SSSR count). The van der Waals surface area contributed by atoms with E-state index >= 15 is 0 Å². The molecule has 0 unspecified atom stereocenters. The Hall–Kier alpha value is -8.33. The lowest BCUT2D eigenvalue weighted by Gasteiger charge is -2.27. The summed E-state index contributed by atoms with van der Waals surface area (Å²) in [5.74, 6) is 0. The highest BCUT2D eigenvalue weighted by molar-refractivity contribution is 6.16. The average Bonchev–Trinajstić information content (AvgIpc) is 1.49. The zero-order valence-corrected chi connectivity index (χ0v) is 59.7. The molecule has 0 fully saturated rings. The zero-order valence-electron chi connectivity index (χ0n) is 59.7. The van der Waals surface area contributed by atoms with Gasteiger partial charge in [-0.1, -0.05) is 215 Å². The smallest absolute Gasteiger partial charge is 0.101 e. The number of fused-ring (bicyclic) bond motifs is 12. The second kappa shape index (κ2) is 20.3. The molecule has 0 spiro atoms. The quantitative estimate of drug-likeness (QED) is 0.173. The van der Waals surface area contributed by atoms with E-state index in [0.717, 1.165) is 66.9 Å². The molecule has 0 radical (unpaired) electrons. The van der Waals surface area contributed by atoms with Crippen LogP contribution >= 0.6 is 0 Å². The van der Waals surface area contributed by atoms with Crippen LogP contribution in [0.2, 0.25) is 0 Å². The molecule has 92 heavy (non-hydrogen) atoms. The van der Waals surface area contributed by atoms with Gasteiger partial charge < -0.3 is 18.3 Å². The zero-order chi connectivity index (χ0) is 66.4. The van der Waals surface area contributed by atoms with E-state index in [1.54, 1.807) is 0 Å². The van der Waals surface area contributed by atoms with Crippen LogP contribution in [0.4, 0.5) is 0 Å². The van der Waals surface area contributed by atoms with Gasteiger partial charge in [-0.25, -0.2) is 0 Å². The van der Waals surface area contributed by atoms with Crippen molar-refractivity contribution in [3.8, 4) is 28.8 Å². The predicted molar refractivity (Wildman–Crippen MR) is 398 cm³/mol. The van der Waals surface area contributed by atoms with Gasteiger partial charge in [-0.3, -0.25) is 0 Å². The van der Waals surface area contributed by atoms with Crippen molar-refractivity contribution in [3.63, 3.8) is 0 Å². The fourth-order valence-electron chi connectivity index (χ4n) is 14.4. The minimum absolute atomic E-state index is 0.112. The number of aromatic nitrogens is 4. The van der Waals surface area contributed by atoms with Gasteiger partial charge in [0, 0.05) is 43.1 Å². The molecular formula is C87H97N5. The van der Waals surface area contributed by atoms with E-state index in [1.165, 1.54) is 87.6 Å². The van der Waals surface area contributed by atoms with Gasteiger partial charge in [-0.05, 0) is 191 Å². The number of rotatable bonds is 4. The third kappa shape index (κ3) is 10.1. The highest BCUT2D eigenvalue weighted by Crippen LogP contribution is 2.51. The van der Waals surface area contributed by atoms with Crippen LogP contribution in [-0.4, -0.2) is 18.3 Å². The van der Waals surface area contributed by atoms with Gasteiger partial charge in [0.15, 0.2) is 0 Å². The van der Waals surface area contributed by atoms with Crippen LogP contribution < -0.4 is 0 Å². The fourth-order valence-corrected chi connectivity index (χ4v) is 14.4. The molecule has 0 N–H and O–H groups in total. The normalized spacial score (nSPS) is 13.6. The average molecular weight is 1210 g/mol. The Bertz CT molecular complexity index is 4990. The summed E-state index contributed by atoms with van der Waals surface area (Å²) in [5, 5.41) is 22.2. The van der Waals surface area contributed by atoms with Crippen LogP contribution in [0, 0.1) is 11.3 Å². The Morgan fingerprint density at radius 3 is 0.576 bits per heavy atom. The van der Waals surface area contributed by atoms with E-state index < -0.39 is 0 Å². The predicted octanol–water partition coefficient (Wildman–Crippen LogP) is 24.3.